The Hall–Kier alpha value is -1.18. The normalized spacial score (nSPS) is 30.3. The third kappa shape index (κ3) is 2.01. The standard InChI is InChI=1S/C12H10F3NO2S/c1-7-2-3-9-11(4-7,18-6-17-9)8-5-19-10(16-8)12(13,14)15/h2-5,9H,6H2,1H3. The molecule has 3 rings (SSSR count). The van der Waals surface area contributed by atoms with Crippen LogP contribution >= 0.6 is 11.3 Å². The summed E-state index contributed by atoms with van der Waals surface area (Å²) in [6.07, 6.45) is 0.542. The molecule has 19 heavy (non-hydrogen) atoms. The van der Waals surface area contributed by atoms with E-state index in [4.69, 9.17) is 9.47 Å². The van der Waals surface area contributed by atoms with Gasteiger partial charge in [-0.05, 0) is 13.0 Å². The fourth-order valence-electron chi connectivity index (χ4n) is 2.24. The summed E-state index contributed by atoms with van der Waals surface area (Å²) < 4.78 is 48.8. The number of ether oxygens (including phenoxy) is 2. The molecule has 1 aromatic rings. The zero-order chi connectivity index (χ0) is 13.7. The number of hydrogen-bond donors (Lipinski definition) is 0. The van der Waals surface area contributed by atoms with Gasteiger partial charge in [0, 0.05) is 5.38 Å². The molecule has 1 aliphatic heterocycles. The first kappa shape index (κ1) is 12.8. The summed E-state index contributed by atoms with van der Waals surface area (Å²) in [7, 11) is 0. The Morgan fingerprint density at radius 3 is 2.95 bits per heavy atom. The van der Waals surface area contributed by atoms with Gasteiger partial charge in [0.1, 0.15) is 12.9 Å². The Morgan fingerprint density at radius 2 is 2.26 bits per heavy atom. The van der Waals surface area contributed by atoms with Crippen LogP contribution in [0.15, 0.2) is 29.2 Å². The predicted octanol–water partition coefficient (Wildman–Crippen LogP) is 3.25. The summed E-state index contributed by atoms with van der Waals surface area (Å²) in [5, 5.41) is 0.514. The van der Waals surface area contributed by atoms with Gasteiger partial charge in [0.15, 0.2) is 10.6 Å². The van der Waals surface area contributed by atoms with Crippen LogP contribution in [0.5, 0.6) is 0 Å². The van der Waals surface area contributed by atoms with Gasteiger partial charge in [-0.1, -0.05) is 17.7 Å². The Labute approximate surface area is 111 Å². The first-order chi connectivity index (χ1) is 8.92. The smallest absolute Gasteiger partial charge is 0.344 e. The topological polar surface area (TPSA) is 31.4 Å². The molecule has 102 valence electrons. The molecule has 2 unspecified atom stereocenters. The van der Waals surface area contributed by atoms with Crippen molar-refractivity contribution in [2.24, 2.45) is 0 Å². The lowest BCUT2D eigenvalue weighted by molar-refractivity contribution is -0.137. The largest absolute Gasteiger partial charge is 0.443 e. The van der Waals surface area contributed by atoms with Crippen LogP contribution in [0.25, 0.3) is 0 Å². The third-order valence-electron chi connectivity index (χ3n) is 3.09. The number of fused-ring (bicyclic) bond motifs is 1. The van der Waals surface area contributed by atoms with Crippen molar-refractivity contribution in [1.29, 1.82) is 0 Å². The molecule has 1 aromatic heterocycles. The van der Waals surface area contributed by atoms with E-state index in [2.05, 4.69) is 4.98 Å². The molecule has 2 atom stereocenters. The highest BCUT2D eigenvalue weighted by atomic mass is 32.1. The van der Waals surface area contributed by atoms with Crippen molar-refractivity contribution in [2.75, 3.05) is 6.79 Å². The van der Waals surface area contributed by atoms with Gasteiger partial charge in [-0.3, -0.25) is 0 Å². The highest BCUT2D eigenvalue weighted by Crippen LogP contribution is 2.43. The molecule has 0 N–H and O–H groups in total. The third-order valence-corrected chi connectivity index (χ3v) is 3.98. The molecule has 0 saturated carbocycles. The molecule has 7 heteroatoms. The van der Waals surface area contributed by atoms with Gasteiger partial charge in [-0.25, -0.2) is 4.98 Å². The lowest BCUT2D eigenvalue weighted by Gasteiger charge is -2.29. The van der Waals surface area contributed by atoms with Gasteiger partial charge in [0.25, 0.3) is 0 Å². The number of nitrogens with zero attached hydrogens (tertiary/aromatic N) is 1. The fourth-order valence-corrected chi connectivity index (χ4v) is 2.98. The van der Waals surface area contributed by atoms with Gasteiger partial charge in [-0.15, -0.1) is 11.3 Å². The lowest BCUT2D eigenvalue weighted by Crippen LogP contribution is -2.36. The monoisotopic (exact) mass is 289 g/mol. The van der Waals surface area contributed by atoms with E-state index in [1.54, 1.807) is 12.2 Å². The minimum absolute atomic E-state index is 0.0393. The molecule has 1 aliphatic carbocycles. The minimum atomic E-state index is -4.43. The van der Waals surface area contributed by atoms with Crippen molar-refractivity contribution in [1.82, 2.24) is 4.98 Å². The molecule has 0 spiro atoms. The lowest BCUT2D eigenvalue weighted by atomic mass is 9.87. The van der Waals surface area contributed by atoms with Crippen molar-refractivity contribution in [3.63, 3.8) is 0 Å². The molecule has 2 aliphatic rings. The first-order valence-corrected chi connectivity index (χ1v) is 6.46. The maximum Gasteiger partial charge on any atom is 0.443 e. The van der Waals surface area contributed by atoms with Crippen LogP contribution in [-0.4, -0.2) is 17.9 Å². The van der Waals surface area contributed by atoms with Crippen molar-refractivity contribution in [3.8, 4) is 0 Å². The van der Waals surface area contributed by atoms with Crippen molar-refractivity contribution in [2.45, 2.75) is 24.8 Å². The molecule has 0 radical (unpaired) electrons. The molecule has 3 nitrogen and oxygen atoms in total. The van der Waals surface area contributed by atoms with Crippen LogP contribution in [0, 0.1) is 0 Å². The molecule has 0 amide bonds. The minimum Gasteiger partial charge on any atom is -0.344 e. The van der Waals surface area contributed by atoms with Crippen molar-refractivity contribution < 1.29 is 22.6 Å². The second-order valence-electron chi connectivity index (χ2n) is 4.43. The van der Waals surface area contributed by atoms with Crippen LogP contribution in [0.3, 0.4) is 0 Å². The van der Waals surface area contributed by atoms with Gasteiger partial charge < -0.3 is 9.47 Å². The van der Waals surface area contributed by atoms with Gasteiger partial charge in [0.05, 0.1) is 5.69 Å². The number of thiazole rings is 1. The van der Waals surface area contributed by atoms with Crippen LogP contribution in [0.2, 0.25) is 0 Å². The van der Waals surface area contributed by atoms with Gasteiger partial charge >= 0.3 is 6.18 Å². The van der Waals surface area contributed by atoms with Crippen LogP contribution in [0.4, 0.5) is 13.2 Å². The Kier molecular flexibility index (Phi) is 2.81. The SMILES string of the molecule is CC1=CC2(c3csc(C(F)(F)F)n3)OCOC2C=C1. The Bertz CT molecular complexity index is 564. The maximum atomic E-state index is 12.6. The molecule has 0 aromatic carbocycles. The molecule has 0 bridgehead atoms. The summed E-state index contributed by atoms with van der Waals surface area (Å²) >= 11 is 0.570. The summed E-state index contributed by atoms with van der Waals surface area (Å²) in [5.74, 6) is 0. The predicted molar refractivity (Wildman–Crippen MR) is 62.5 cm³/mol. The van der Waals surface area contributed by atoms with Crippen molar-refractivity contribution in [3.05, 3.63) is 39.9 Å². The van der Waals surface area contributed by atoms with Crippen LogP contribution in [0.1, 0.15) is 17.6 Å². The number of hydrogen-bond acceptors (Lipinski definition) is 4. The number of alkyl halides is 3. The average Bonchev–Trinajstić information content (AvgIpc) is 2.94. The van der Waals surface area contributed by atoms with E-state index >= 15 is 0 Å². The van der Waals surface area contributed by atoms with Crippen molar-refractivity contribution >= 4 is 11.3 Å². The van der Waals surface area contributed by atoms with E-state index in [-0.39, 0.29) is 12.5 Å². The maximum absolute atomic E-state index is 12.6. The van der Waals surface area contributed by atoms with Crippen LogP contribution in [-0.2, 0) is 21.3 Å². The van der Waals surface area contributed by atoms with E-state index in [1.807, 2.05) is 13.0 Å². The summed E-state index contributed by atoms with van der Waals surface area (Å²) in [6.45, 7) is 1.89. The summed E-state index contributed by atoms with van der Waals surface area (Å²) in [5.41, 5.74) is 0.123. The molecular weight excluding hydrogens is 279 g/mol. The summed E-state index contributed by atoms with van der Waals surface area (Å²) in [4.78, 5) is 3.68. The Balaban J connectivity index is 2.05. The highest BCUT2D eigenvalue weighted by molar-refractivity contribution is 7.09. The second-order valence-corrected chi connectivity index (χ2v) is 5.28. The quantitative estimate of drug-likeness (QED) is 0.795. The van der Waals surface area contributed by atoms with Gasteiger partial charge in [0.2, 0.25) is 0 Å². The number of halogens is 3. The number of allylic oxidation sites excluding steroid dienone is 2. The first-order valence-electron chi connectivity index (χ1n) is 5.58. The zero-order valence-electron chi connectivity index (χ0n) is 9.90. The van der Waals surface area contributed by atoms with E-state index < -0.39 is 22.9 Å². The second kappa shape index (κ2) is 4.16. The Morgan fingerprint density at radius 1 is 1.47 bits per heavy atom. The zero-order valence-corrected chi connectivity index (χ0v) is 10.7. The fraction of sp³-hybridized carbons (Fsp3) is 0.417. The van der Waals surface area contributed by atoms with E-state index in [1.165, 1.54) is 5.38 Å². The average molecular weight is 289 g/mol. The summed E-state index contributed by atoms with van der Waals surface area (Å²) in [6, 6.07) is 0. The molecule has 2 heterocycles. The molecule has 1 fully saturated rings. The van der Waals surface area contributed by atoms with Gasteiger partial charge in [-0.2, -0.15) is 13.2 Å². The molecular formula is C12H10F3NO2S. The number of rotatable bonds is 1. The molecule has 1 saturated heterocycles. The number of aromatic nitrogens is 1. The van der Waals surface area contributed by atoms with E-state index in [0.29, 0.717) is 11.3 Å². The van der Waals surface area contributed by atoms with Crippen LogP contribution < -0.4 is 0 Å². The van der Waals surface area contributed by atoms with E-state index in [0.717, 1.165) is 5.57 Å². The highest BCUT2D eigenvalue weighted by Gasteiger charge is 2.48. The van der Waals surface area contributed by atoms with E-state index in [9.17, 15) is 13.2 Å².